The Morgan fingerprint density at radius 3 is 3.00 bits per heavy atom. The lowest BCUT2D eigenvalue weighted by atomic mass is 10.2. The van der Waals surface area contributed by atoms with E-state index in [0.29, 0.717) is 12.2 Å². The molecule has 0 bridgehead atoms. The summed E-state index contributed by atoms with van der Waals surface area (Å²) in [6.07, 6.45) is 2.67. The van der Waals surface area contributed by atoms with Crippen molar-refractivity contribution < 1.29 is 9.15 Å². The van der Waals surface area contributed by atoms with Crippen molar-refractivity contribution in [1.82, 2.24) is 0 Å². The topological polar surface area (TPSA) is 46.2 Å². The molecular weight excluding hydrogens is 258 g/mol. The van der Waals surface area contributed by atoms with Crippen molar-refractivity contribution in [2.24, 2.45) is 0 Å². The molecule has 0 fully saturated rings. The van der Waals surface area contributed by atoms with Gasteiger partial charge in [-0.2, -0.15) is 17.0 Å². The van der Waals surface area contributed by atoms with E-state index in [9.17, 15) is 0 Å². The van der Waals surface area contributed by atoms with Crippen LogP contribution in [0.25, 0.3) is 0 Å². The number of nitrogens with zero attached hydrogens (tertiary/aromatic N) is 1. The van der Waals surface area contributed by atoms with Crippen molar-refractivity contribution in [2.75, 3.05) is 12.4 Å². The van der Waals surface area contributed by atoms with Gasteiger partial charge >= 0.3 is 0 Å². The zero-order chi connectivity index (χ0) is 13.3. The third-order valence-corrected chi connectivity index (χ3v) is 3.56. The van der Waals surface area contributed by atoms with E-state index in [-0.39, 0.29) is 0 Å². The fourth-order valence-corrected chi connectivity index (χ4v) is 2.41. The molecule has 0 radical (unpaired) electrons. The maximum atomic E-state index is 8.78. The predicted octanol–water partition coefficient (Wildman–Crippen LogP) is 3.85. The molecule has 0 spiro atoms. The summed E-state index contributed by atoms with van der Waals surface area (Å²) < 4.78 is 10.9. The van der Waals surface area contributed by atoms with Crippen molar-refractivity contribution in [3.63, 3.8) is 0 Å². The zero-order valence-electron chi connectivity index (χ0n) is 10.5. The molecule has 0 atom stereocenters. The molecule has 0 aliphatic rings. The highest BCUT2D eigenvalue weighted by Crippen LogP contribution is 2.15. The molecule has 2 aromatic rings. The highest BCUT2D eigenvalue weighted by molar-refractivity contribution is 7.98. The molecule has 4 heteroatoms. The molecule has 0 saturated carbocycles. The van der Waals surface area contributed by atoms with Gasteiger partial charge in [0.25, 0.3) is 0 Å². The number of furan rings is 1. The number of ether oxygens (including phenoxy) is 1. The van der Waals surface area contributed by atoms with Crippen LogP contribution in [0.2, 0.25) is 0 Å². The average Bonchev–Trinajstić information content (AvgIpc) is 2.96. The monoisotopic (exact) mass is 273 g/mol. The molecule has 1 aromatic carbocycles. The second-order valence-corrected chi connectivity index (χ2v) is 5.08. The predicted molar refractivity (Wildman–Crippen MR) is 76.1 cm³/mol. The minimum Gasteiger partial charge on any atom is -0.494 e. The van der Waals surface area contributed by atoms with E-state index >= 15 is 0 Å². The van der Waals surface area contributed by atoms with Gasteiger partial charge in [-0.3, -0.25) is 0 Å². The van der Waals surface area contributed by atoms with Crippen LogP contribution in [0.15, 0.2) is 47.1 Å². The summed E-state index contributed by atoms with van der Waals surface area (Å²) in [5.74, 6) is 3.69. The molecule has 1 heterocycles. The average molecular weight is 273 g/mol. The third kappa shape index (κ3) is 4.72. The summed E-state index contributed by atoms with van der Waals surface area (Å²) in [6.45, 7) is 0.667. The number of thioether (sulfide) groups is 1. The van der Waals surface area contributed by atoms with Crippen molar-refractivity contribution in [3.8, 4) is 11.8 Å². The van der Waals surface area contributed by atoms with Gasteiger partial charge < -0.3 is 9.15 Å². The van der Waals surface area contributed by atoms with E-state index in [1.807, 2.05) is 36.0 Å². The Labute approximate surface area is 117 Å². The Morgan fingerprint density at radius 1 is 1.26 bits per heavy atom. The van der Waals surface area contributed by atoms with Crippen molar-refractivity contribution >= 4 is 11.8 Å². The van der Waals surface area contributed by atoms with E-state index < -0.39 is 0 Å². The maximum absolute atomic E-state index is 8.78. The summed E-state index contributed by atoms with van der Waals surface area (Å²) in [4.78, 5) is 0. The fraction of sp³-hybridized carbons (Fsp3) is 0.267. The van der Waals surface area contributed by atoms with Crippen LogP contribution in [0.5, 0.6) is 5.75 Å². The Hall–Kier alpha value is -1.86. The van der Waals surface area contributed by atoms with E-state index in [1.54, 1.807) is 18.4 Å². The highest BCUT2D eigenvalue weighted by atomic mass is 32.2. The van der Waals surface area contributed by atoms with Gasteiger partial charge in [0.1, 0.15) is 11.5 Å². The molecule has 0 amide bonds. The lowest BCUT2D eigenvalue weighted by Gasteiger charge is -2.05. The Balaban J connectivity index is 1.60. The summed E-state index contributed by atoms with van der Waals surface area (Å²) in [5.41, 5.74) is 0.629. The van der Waals surface area contributed by atoms with E-state index in [0.717, 1.165) is 29.4 Å². The lowest BCUT2D eigenvalue weighted by Crippen LogP contribution is -1.99. The van der Waals surface area contributed by atoms with Crippen LogP contribution in [0.1, 0.15) is 17.7 Å². The Kier molecular flexibility index (Phi) is 5.39. The largest absolute Gasteiger partial charge is 0.494 e. The number of rotatable bonds is 7. The number of hydrogen-bond donors (Lipinski definition) is 0. The number of nitriles is 1. The first kappa shape index (κ1) is 13.6. The maximum Gasteiger partial charge on any atom is 0.120 e. The van der Waals surface area contributed by atoms with Gasteiger partial charge in [0.15, 0.2) is 0 Å². The molecule has 1 aromatic heterocycles. The van der Waals surface area contributed by atoms with Gasteiger partial charge in [-0.05, 0) is 42.5 Å². The summed E-state index contributed by atoms with van der Waals surface area (Å²) in [5, 5.41) is 8.78. The van der Waals surface area contributed by atoms with Crippen LogP contribution in [-0.4, -0.2) is 12.4 Å². The fourth-order valence-electron chi connectivity index (χ4n) is 1.57. The first-order valence-electron chi connectivity index (χ1n) is 6.11. The first-order chi connectivity index (χ1) is 9.38. The van der Waals surface area contributed by atoms with Gasteiger partial charge in [0.2, 0.25) is 0 Å². The molecule has 0 N–H and O–H groups in total. The van der Waals surface area contributed by atoms with Crippen LogP contribution < -0.4 is 4.74 Å². The third-order valence-electron chi connectivity index (χ3n) is 2.49. The van der Waals surface area contributed by atoms with Gasteiger partial charge in [0, 0.05) is 0 Å². The molecule has 98 valence electrons. The first-order valence-corrected chi connectivity index (χ1v) is 7.27. The molecule has 3 nitrogen and oxygen atoms in total. The summed E-state index contributed by atoms with van der Waals surface area (Å²) in [7, 11) is 0. The van der Waals surface area contributed by atoms with Crippen LogP contribution in [0.3, 0.4) is 0 Å². The van der Waals surface area contributed by atoms with Crippen LogP contribution in [0.4, 0.5) is 0 Å². The van der Waals surface area contributed by atoms with E-state index in [4.69, 9.17) is 14.4 Å². The Bertz CT molecular complexity index is 531. The molecular formula is C15H15NO2S. The molecule has 2 rings (SSSR count). The van der Waals surface area contributed by atoms with Crippen LogP contribution in [-0.2, 0) is 5.75 Å². The minimum atomic E-state index is 0.629. The lowest BCUT2D eigenvalue weighted by molar-refractivity contribution is 0.318. The van der Waals surface area contributed by atoms with Crippen molar-refractivity contribution in [3.05, 3.63) is 54.0 Å². The van der Waals surface area contributed by atoms with E-state index in [2.05, 4.69) is 6.07 Å². The second-order valence-electron chi connectivity index (χ2n) is 3.97. The second kappa shape index (κ2) is 7.55. The summed E-state index contributed by atoms with van der Waals surface area (Å²) in [6, 6.07) is 13.2. The molecule has 0 unspecified atom stereocenters. The number of benzene rings is 1. The van der Waals surface area contributed by atoms with Crippen molar-refractivity contribution in [1.29, 1.82) is 5.26 Å². The highest BCUT2D eigenvalue weighted by Gasteiger charge is 1.98. The van der Waals surface area contributed by atoms with Gasteiger partial charge in [-0.25, -0.2) is 0 Å². The SMILES string of the molecule is N#Cc1cccc(OCCCSCc2ccco2)c1. The minimum absolute atomic E-state index is 0.629. The van der Waals surface area contributed by atoms with Crippen LogP contribution in [0, 0.1) is 11.3 Å². The van der Waals surface area contributed by atoms with Gasteiger partial charge in [-0.15, -0.1) is 0 Å². The van der Waals surface area contributed by atoms with E-state index in [1.165, 1.54) is 0 Å². The molecule has 0 aliphatic carbocycles. The molecule has 0 aliphatic heterocycles. The molecule has 0 saturated heterocycles. The molecule has 19 heavy (non-hydrogen) atoms. The van der Waals surface area contributed by atoms with Crippen LogP contribution >= 0.6 is 11.8 Å². The van der Waals surface area contributed by atoms with Crippen molar-refractivity contribution in [2.45, 2.75) is 12.2 Å². The number of hydrogen-bond acceptors (Lipinski definition) is 4. The Morgan fingerprint density at radius 2 is 2.21 bits per heavy atom. The standard InChI is InChI=1S/C15H15NO2S/c16-11-13-4-1-5-14(10-13)17-8-3-9-19-12-15-6-2-7-18-15/h1-2,4-7,10H,3,8-9,12H2. The summed E-state index contributed by atoms with van der Waals surface area (Å²) >= 11 is 1.83. The quantitative estimate of drug-likeness (QED) is 0.719. The smallest absolute Gasteiger partial charge is 0.120 e. The van der Waals surface area contributed by atoms with Gasteiger partial charge in [0.05, 0.1) is 30.3 Å². The normalized spacial score (nSPS) is 10.1. The zero-order valence-corrected chi connectivity index (χ0v) is 11.4. The van der Waals surface area contributed by atoms with Gasteiger partial charge in [-0.1, -0.05) is 6.07 Å².